The van der Waals surface area contributed by atoms with Crippen LogP contribution in [0.4, 0.5) is 14.9 Å². The Balaban J connectivity index is 1.96. The number of aliphatic hydroxyl groups is 1. The number of sulfonamides is 1. The third-order valence-corrected chi connectivity index (χ3v) is 7.77. The van der Waals surface area contributed by atoms with E-state index in [1.807, 2.05) is 0 Å². The van der Waals surface area contributed by atoms with Gasteiger partial charge in [-0.1, -0.05) is 12.1 Å². The zero-order valence-electron chi connectivity index (χ0n) is 19.3. The van der Waals surface area contributed by atoms with E-state index >= 15 is 0 Å². The van der Waals surface area contributed by atoms with E-state index in [2.05, 4.69) is 0 Å². The Kier molecular flexibility index (Phi) is 6.56. The number of anilines is 1. The van der Waals surface area contributed by atoms with Gasteiger partial charge in [-0.25, -0.2) is 22.4 Å². The molecule has 1 heterocycles. The number of carbonyl (C=O) groups excluding carboxylic acids is 2. The van der Waals surface area contributed by atoms with Crippen LogP contribution in [-0.2, 0) is 19.5 Å². The molecule has 0 radical (unpaired) electrons. The van der Waals surface area contributed by atoms with Crippen LogP contribution in [0.3, 0.4) is 0 Å². The normalized spacial score (nSPS) is 18.6. The molecule has 0 bridgehead atoms. The van der Waals surface area contributed by atoms with Crippen LogP contribution in [0.15, 0.2) is 40.8 Å². The predicted octanol–water partition coefficient (Wildman–Crippen LogP) is 3.47. The zero-order chi connectivity index (χ0) is 25.5. The van der Waals surface area contributed by atoms with Gasteiger partial charge in [-0.3, -0.25) is 0 Å². The first-order valence-corrected chi connectivity index (χ1v) is 12.2. The van der Waals surface area contributed by atoms with E-state index in [0.717, 1.165) is 44.4 Å². The summed E-state index contributed by atoms with van der Waals surface area (Å²) in [5, 5.41) is 9.37. The zero-order valence-corrected chi connectivity index (χ0v) is 20.1. The third kappa shape index (κ3) is 4.37. The Morgan fingerprint density at radius 1 is 1.23 bits per heavy atom. The van der Waals surface area contributed by atoms with Gasteiger partial charge in [0.15, 0.2) is 0 Å². The van der Waals surface area contributed by atoms with Crippen LogP contribution < -0.4 is 9.04 Å². The van der Waals surface area contributed by atoms with Gasteiger partial charge in [-0.15, -0.1) is 0 Å². The van der Waals surface area contributed by atoms with Gasteiger partial charge >= 0.3 is 12.1 Å². The lowest BCUT2D eigenvalue weighted by atomic mass is 10.00. The van der Waals surface area contributed by atoms with Crippen LogP contribution in [0.1, 0.15) is 40.7 Å². The second-order valence-electron chi connectivity index (χ2n) is 8.35. The van der Waals surface area contributed by atoms with Crippen molar-refractivity contribution in [2.24, 2.45) is 5.92 Å². The molecule has 1 saturated carbocycles. The molecule has 2 aromatic carbocycles. The van der Waals surface area contributed by atoms with Crippen molar-refractivity contribution in [1.29, 1.82) is 0 Å². The van der Waals surface area contributed by atoms with Gasteiger partial charge in [-0.2, -0.15) is 4.31 Å². The Bertz CT molecular complexity index is 1340. The van der Waals surface area contributed by atoms with Crippen LogP contribution in [-0.4, -0.2) is 53.0 Å². The van der Waals surface area contributed by atoms with E-state index < -0.39 is 39.4 Å². The maximum absolute atomic E-state index is 14.0. The summed E-state index contributed by atoms with van der Waals surface area (Å²) in [6, 6.07) is 5.85. The minimum absolute atomic E-state index is 0.0971. The fourth-order valence-corrected chi connectivity index (χ4v) is 5.73. The number of carbonyl (C=O) groups is 2. The number of hydrogen-bond donors (Lipinski definition) is 1. The lowest BCUT2D eigenvalue weighted by molar-refractivity contribution is 0.0596. The molecule has 4 rings (SSSR count). The van der Waals surface area contributed by atoms with Crippen LogP contribution in [0.25, 0.3) is 6.08 Å². The van der Waals surface area contributed by atoms with E-state index in [1.165, 1.54) is 19.1 Å². The summed E-state index contributed by atoms with van der Waals surface area (Å²) in [6.07, 6.45) is 0.866. The predicted molar refractivity (Wildman–Crippen MR) is 123 cm³/mol. The average Bonchev–Trinajstić information content (AvgIpc) is 3.63. The van der Waals surface area contributed by atoms with Gasteiger partial charge in [0.05, 0.1) is 38.0 Å². The van der Waals surface area contributed by atoms with Gasteiger partial charge < -0.3 is 19.3 Å². The van der Waals surface area contributed by atoms with Crippen molar-refractivity contribution < 1.29 is 41.7 Å². The van der Waals surface area contributed by atoms with Gasteiger partial charge in [0.25, 0.3) is 10.0 Å². The highest BCUT2D eigenvalue weighted by Crippen LogP contribution is 2.55. The molecule has 186 valence electrons. The molecule has 35 heavy (non-hydrogen) atoms. The summed E-state index contributed by atoms with van der Waals surface area (Å²) < 4.78 is 57.5. The van der Waals surface area contributed by atoms with E-state index in [4.69, 9.17) is 14.2 Å². The van der Waals surface area contributed by atoms with E-state index in [9.17, 15) is 27.5 Å². The molecule has 2 aromatic rings. The highest BCUT2D eigenvalue weighted by molar-refractivity contribution is 7.93. The Hall–Kier alpha value is -3.44. The summed E-state index contributed by atoms with van der Waals surface area (Å²) >= 11 is 0. The number of aliphatic hydroxyl groups excluding tert-OH is 1. The molecule has 9 nitrogen and oxygen atoms in total. The summed E-state index contributed by atoms with van der Waals surface area (Å²) in [5.74, 6) is -0.956. The van der Waals surface area contributed by atoms with Crippen LogP contribution in [0.2, 0.25) is 0 Å². The third-order valence-electron chi connectivity index (χ3n) is 6.02. The Morgan fingerprint density at radius 2 is 1.97 bits per heavy atom. The molecule has 1 aliphatic carbocycles. The summed E-state index contributed by atoms with van der Waals surface area (Å²) in [4.78, 5) is 25.3. The molecule has 1 fully saturated rings. The van der Waals surface area contributed by atoms with E-state index in [1.54, 1.807) is 6.07 Å². The number of benzene rings is 2. The lowest BCUT2D eigenvalue weighted by Gasteiger charge is -2.27. The van der Waals surface area contributed by atoms with Gasteiger partial charge in [0.1, 0.15) is 17.1 Å². The molecule has 2 unspecified atom stereocenters. The van der Waals surface area contributed by atoms with Crippen molar-refractivity contribution in [2.45, 2.75) is 24.2 Å². The summed E-state index contributed by atoms with van der Waals surface area (Å²) in [7, 11) is -2.63. The Labute approximate surface area is 201 Å². The average molecular weight is 506 g/mol. The lowest BCUT2D eigenvalue weighted by Crippen LogP contribution is -2.38. The number of esters is 1. The van der Waals surface area contributed by atoms with Crippen molar-refractivity contribution in [3.8, 4) is 5.75 Å². The highest BCUT2D eigenvalue weighted by atomic mass is 32.2. The van der Waals surface area contributed by atoms with Crippen molar-refractivity contribution in [3.63, 3.8) is 0 Å². The first-order chi connectivity index (χ1) is 16.6. The fraction of sp³-hybridized carbons (Fsp3) is 0.333. The topological polar surface area (TPSA) is 119 Å². The maximum Gasteiger partial charge on any atom is 0.428 e. The molecular weight excluding hydrogens is 481 g/mol. The maximum atomic E-state index is 14.0. The number of methoxy groups -OCH3 is 2. The number of halogens is 1. The summed E-state index contributed by atoms with van der Waals surface area (Å²) in [6.45, 7) is 1.48. The van der Waals surface area contributed by atoms with Gasteiger partial charge in [0, 0.05) is 5.92 Å². The molecular formula is C24H24FNO8S. The molecule has 1 amide bonds. The first-order valence-electron chi connectivity index (χ1n) is 10.7. The second kappa shape index (κ2) is 9.31. The van der Waals surface area contributed by atoms with Crippen LogP contribution >= 0.6 is 0 Å². The first kappa shape index (κ1) is 24.7. The van der Waals surface area contributed by atoms with Crippen LogP contribution in [0.5, 0.6) is 5.75 Å². The molecule has 1 aliphatic heterocycles. The molecule has 2 atom stereocenters. The van der Waals surface area contributed by atoms with E-state index in [-0.39, 0.29) is 28.5 Å². The van der Waals surface area contributed by atoms with Crippen molar-refractivity contribution in [1.82, 2.24) is 0 Å². The van der Waals surface area contributed by atoms with Gasteiger partial charge in [0.2, 0.25) is 0 Å². The number of nitrogens with zero attached hydrogens (tertiary/aromatic N) is 1. The van der Waals surface area contributed by atoms with Gasteiger partial charge in [-0.05, 0) is 60.2 Å². The standard InChI is InChI=1S/C24H24FNO8S/c1-13(11-27)8-14-9-16(25)4-7-20(14)35(30,31)26(24(29)33-3)19-6-5-17-18-10-15(18)12-34-22(17)21(19)23(28)32-2/h4-9,15,18,27H,10-12H2,1-3H3. The molecule has 0 saturated heterocycles. The van der Waals surface area contributed by atoms with Crippen molar-refractivity contribution >= 4 is 33.8 Å². The minimum atomic E-state index is -4.76. The molecule has 11 heteroatoms. The molecule has 1 N–H and O–H groups in total. The quantitative estimate of drug-likeness (QED) is 0.593. The number of amides is 1. The summed E-state index contributed by atoms with van der Waals surface area (Å²) in [5.41, 5.74) is 0.444. The smallest absolute Gasteiger partial charge is 0.428 e. The Morgan fingerprint density at radius 3 is 2.63 bits per heavy atom. The number of hydrogen-bond acceptors (Lipinski definition) is 8. The number of fused-ring (bicyclic) bond motifs is 3. The fourth-order valence-electron chi connectivity index (χ4n) is 4.19. The number of ether oxygens (including phenoxy) is 3. The highest BCUT2D eigenvalue weighted by Gasteiger charge is 2.47. The molecule has 0 aromatic heterocycles. The van der Waals surface area contributed by atoms with Crippen LogP contribution in [0, 0.1) is 11.7 Å². The molecule has 0 spiro atoms. The largest absolute Gasteiger partial charge is 0.492 e. The monoisotopic (exact) mass is 505 g/mol. The SMILES string of the molecule is COC(=O)c1c(N(C(=O)OC)S(=O)(=O)c2ccc(F)cc2C=C(C)CO)ccc2c1OCC1CC21. The van der Waals surface area contributed by atoms with Crippen molar-refractivity contribution in [3.05, 3.63) is 58.4 Å². The second-order valence-corrected chi connectivity index (χ2v) is 10.1. The van der Waals surface area contributed by atoms with E-state index in [0.29, 0.717) is 22.4 Å². The minimum Gasteiger partial charge on any atom is -0.492 e. The number of rotatable bonds is 6. The van der Waals surface area contributed by atoms with Crippen molar-refractivity contribution in [2.75, 3.05) is 31.7 Å². The molecule has 2 aliphatic rings.